The van der Waals surface area contributed by atoms with Crippen LogP contribution in [0.5, 0.6) is 0 Å². The van der Waals surface area contributed by atoms with E-state index in [1.165, 1.54) is 5.56 Å². The first-order chi connectivity index (χ1) is 17.5. The van der Waals surface area contributed by atoms with E-state index in [1.54, 1.807) is 5.01 Å². The molecule has 0 aromatic heterocycles. The number of benzene rings is 2. The van der Waals surface area contributed by atoms with Gasteiger partial charge in [-0.1, -0.05) is 48.5 Å². The Hall–Kier alpha value is -3.23. The largest absolute Gasteiger partial charge is 0.339 e. The van der Waals surface area contributed by atoms with Gasteiger partial charge in [-0.3, -0.25) is 14.4 Å². The van der Waals surface area contributed by atoms with Crippen molar-refractivity contribution in [3.63, 3.8) is 0 Å². The number of nitrogens with zero attached hydrogens (tertiary/aromatic N) is 4. The monoisotopic (exact) mass is 489 g/mol. The van der Waals surface area contributed by atoms with Gasteiger partial charge in [-0.15, -0.1) is 0 Å². The molecule has 5 rings (SSSR count). The van der Waals surface area contributed by atoms with Gasteiger partial charge < -0.3 is 14.7 Å². The van der Waals surface area contributed by atoms with Crippen LogP contribution in [0.15, 0.2) is 60.7 Å². The SMILES string of the molecule is CN1CC(C(=O)N2CCN(C(=O)CCCc3ccccc3)CC2)C2NN(c3ccccc3)C(=O)C2C1. The van der Waals surface area contributed by atoms with Gasteiger partial charge in [0.15, 0.2) is 0 Å². The van der Waals surface area contributed by atoms with E-state index in [0.717, 1.165) is 18.5 Å². The zero-order valence-electron chi connectivity index (χ0n) is 20.9. The molecule has 8 heteroatoms. The van der Waals surface area contributed by atoms with E-state index in [4.69, 9.17) is 0 Å². The number of amides is 3. The number of hydrogen-bond acceptors (Lipinski definition) is 5. The summed E-state index contributed by atoms with van der Waals surface area (Å²) in [6, 6.07) is 19.5. The molecule has 0 saturated carbocycles. The number of para-hydroxylation sites is 1. The lowest BCUT2D eigenvalue weighted by Gasteiger charge is -2.41. The van der Waals surface area contributed by atoms with E-state index in [-0.39, 0.29) is 35.6 Å². The molecule has 3 fully saturated rings. The molecule has 3 amide bonds. The number of anilines is 1. The summed E-state index contributed by atoms with van der Waals surface area (Å²) in [5.41, 5.74) is 5.41. The van der Waals surface area contributed by atoms with Gasteiger partial charge in [0.1, 0.15) is 0 Å². The summed E-state index contributed by atoms with van der Waals surface area (Å²) < 4.78 is 0. The Morgan fingerprint density at radius 2 is 1.53 bits per heavy atom. The van der Waals surface area contributed by atoms with Gasteiger partial charge in [0, 0.05) is 45.7 Å². The van der Waals surface area contributed by atoms with Crippen LogP contribution in [0.3, 0.4) is 0 Å². The molecular formula is C28H35N5O3. The number of fused-ring (bicyclic) bond motifs is 1. The molecule has 0 spiro atoms. The average Bonchev–Trinajstić information content (AvgIpc) is 3.25. The van der Waals surface area contributed by atoms with Crippen LogP contribution in [-0.2, 0) is 20.8 Å². The molecule has 1 N–H and O–H groups in total. The van der Waals surface area contributed by atoms with Gasteiger partial charge in [-0.2, -0.15) is 0 Å². The highest BCUT2D eigenvalue weighted by Crippen LogP contribution is 2.32. The van der Waals surface area contributed by atoms with Crippen LogP contribution in [-0.4, -0.2) is 84.8 Å². The summed E-state index contributed by atoms with van der Waals surface area (Å²) >= 11 is 0. The zero-order chi connectivity index (χ0) is 25.1. The van der Waals surface area contributed by atoms with E-state index in [1.807, 2.05) is 65.4 Å². The number of hydrogen-bond donors (Lipinski definition) is 1. The normalized spacial score (nSPS) is 24.6. The molecule has 8 nitrogen and oxygen atoms in total. The standard InChI is InChI=1S/C28H35N5O3/c1-30-19-23(26-24(20-30)28(36)33(29-26)22-12-6-3-7-13-22)27(35)32-17-15-31(16-18-32)25(34)14-8-11-21-9-4-2-5-10-21/h2-7,9-10,12-13,23-24,26,29H,8,11,14-20H2,1H3. The Bertz CT molecular complexity index is 1070. The van der Waals surface area contributed by atoms with Crippen molar-refractivity contribution < 1.29 is 14.4 Å². The van der Waals surface area contributed by atoms with Crippen LogP contribution < -0.4 is 10.4 Å². The highest BCUT2D eigenvalue weighted by molar-refractivity contribution is 5.98. The minimum Gasteiger partial charge on any atom is -0.339 e. The second kappa shape index (κ2) is 10.8. The molecule has 3 aliphatic heterocycles. The molecule has 2 aromatic carbocycles. The lowest BCUT2D eigenvalue weighted by atomic mass is 9.84. The molecule has 3 saturated heterocycles. The molecule has 0 aliphatic carbocycles. The van der Waals surface area contributed by atoms with Crippen molar-refractivity contribution in [3.8, 4) is 0 Å². The first-order valence-electron chi connectivity index (χ1n) is 13.0. The number of rotatable bonds is 6. The van der Waals surface area contributed by atoms with E-state index in [0.29, 0.717) is 45.7 Å². The highest BCUT2D eigenvalue weighted by atomic mass is 16.2. The summed E-state index contributed by atoms with van der Waals surface area (Å²) in [5.74, 6) is -0.314. The molecule has 190 valence electrons. The Balaban J connectivity index is 1.16. The van der Waals surface area contributed by atoms with Gasteiger partial charge >= 0.3 is 0 Å². The van der Waals surface area contributed by atoms with Crippen molar-refractivity contribution in [2.75, 3.05) is 51.3 Å². The number of piperidine rings is 1. The molecule has 0 bridgehead atoms. The van der Waals surface area contributed by atoms with E-state index in [9.17, 15) is 14.4 Å². The Morgan fingerprint density at radius 1 is 0.889 bits per heavy atom. The fourth-order valence-corrected chi connectivity index (χ4v) is 5.71. The van der Waals surface area contributed by atoms with Crippen LogP contribution in [0.25, 0.3) is 0 Å². The van der Waals surface area contributed by atoms with E-state index < -0.39 is 0 Å². The van der Waals surface area contributed by atoms with Crippen LogP contribution in [0.4, 0.5) is 5.69 Å². The summed E-state index contributed by atoms with van der Waals surface area (Å²) in [6.07, 6.45) is 2.26. The molecule has 3 atom stereocenters. The maximum absolute atomic E-state index is 13.6. The Kier molecular flexibility index (Phi) is 7.34. The average molecular weight is 490 g/mol. The fourth-order valence-electron chi connectivity index (χ4n) is 5.71. The van der Waals surface area contributed by atoms with Crippen LogP contribution >= 0.6 is 0 Å². The van der Waals surface area contributed by atoms with Gasteiger partial charge in [0.2, 0.25) is 17.7 Å². The maximum Gasteiger partial charge on any atom is 0.247 e. The Labute approximate surface area is 212 Å². The first-order valence-corrected chi connectivity index (χ1v) is 13.0. The lowest BCUT2D eigenvalue weighted by Crippen LogP contribution is -2.59. The van der Waals surface area contributed by atoms with Crippen molar-refractivity contribution in [3.05, 3.63) is 66.2 Å². The van der Waals surface area contributed by atoms with Crippen molar-refractivity contribution >= 4 is 23.4 Å². The van der Waals surface area contributed by atoms with E-state index in [2.05, 4.69) is 22.5 Å². The van der Waals surface area contributed by atoms with Crippen molar-refractivity contribution in [1.82, 2.24) is 20.1 Å². The molecule has 3 aliphatic rings. The predicted molar refractivity (Wildman–Crippen MR) is 138 cm³/mol. The first kappa shape index (κ1) is 24.5. The second-order valence-corrected chi connectivity index (χ2v) is 10.1. The van der Waals surface area contributed by atoms with Gasteiger partial charge in [-0.05, 0) is 37.6 Å². The van der Waals surface area contributed by atoms with Crippen LogP contribution in [0, 0.1) is 11.8 Å². The topological polar surface area (TPSA) is 76.2 Å². The quantitative estimate of drug-likeness (QED) is 0.670. The second-order valence-electron chi connectivity index (χ2n) is 10.1. The number of carbonyl (C=O) groups is 3. The summed E-state index contributed by atoms with van der Waals surface area (Å²) in [4.78, 5) is 45.4. The van der Waals surface area contributed by atoms with Gasteiger partial charge in [0.25, 0.3) is 0 Å². The summed E-state index contributed by atoms with van der Waals surface area (Å²) in [6.45, 7) is 3.45. The number of piperazine rings is 1. The minimum atomic E-state index is -0.306. The fraction of sp³-hybridized carbons (Fsp3) is 0.464. The third kappa shape index (κ3) is 5.15. The number of aryl methyl sites for hydroxylation is 1. The number of carbonyl (C=O) groups excluding carboxylic acids is 3. The Morgan fingerprint density at radius 3 is 2.22 bits per heavy atom. The lowest BCUT2D eigenvalue weighted by molar-refractivity contribution is -0.144. The molecule has 0 radical (unpaired) electrons. The van der Waals surface area contributed by atoms with Crippen molar-refractivity contribution in [2.24, 2.45) is 11.8 Å². The molecular weight excluding hydrogens is 454 g/mol. The van der Waals surface area contributed by atoms with Crippen LogP contribution in [0.1, 0.15) is 18.4 Å². The number of hydrazine groups is 1. The highest BCUT2D eigenvalue weighted by Gasteiger charge is 2.51. The van der Waals surface area contributed by atoms with Crippen molar-refractivity contribution in [2.45, 2.75) is 25.3 Å². The number of nitrogens with one attached hydrogen (secondary N) is 1. The predicted octanol–water partition coefficient (Wildman–Crippen LogP) is 1.78. The smallest absolute Gasteiger partial charge is 0.247 e. The summed E-state index contributed by atoms with van der Waals surface area (Å²) in [7, 11) is 1.97. The molecule has 36 heavy (non-hydrogen) atoms. The molecule has 3 heterocycles. The zero-order valence-corrected chi connectivity index (χ0v) is 20.9. The third-order valence-electron chi connectivity index (χ3n) is 7.67. The summed E-state index contributed by atoms with van der Waals surface area (Å²) in [5, 5.41) is 1.61. The third-order valence-corrected chi connectivity index (χ3v) is 7.67. The van der Waals surface area contributed by atoms with Crippen LogP contribution in [0.2, 0.25) is 0 Å². The van der Waals surface area contributed by atoms with E-state index >= 15 is 0 Å². The maximum atomic E-state index is 13.6. The molecule has 2 aromatic rings. The minimum absolute atomic E-state index is 0.0152. The van der Waals surface area contributed by atoms with Gasteiger partial charge in [-0.25, -0.2) is 10.4 Å². The molecule has 3 unspecified atom stereocenters. The van der Waals surface area contributed by atoms with Gasteiger partial charge in [0.05, 0.1) is 23.6 Å². The van der Waals surface area contributed by atoms with Crippen molar-refractivity contribution in [1.29, 1.82) is 0 Å². The number of likely N-dealkylation sites (tertiary alicyclic amines) is 1.